The van der Waals surface area contributed by atoms with Crippen molar-refractivity contribution in [2.45, 2.75) is 12.7 Å². The minimum atomic E-state index is -0.650. The summed E-state index contributed by atoms with van der Waals surface area (Å²) < 4.78 is 11.1. The summed E-state index contributed by atoms with van der Waals surface area (Å²) in [5.74, 6) is 0.711. The molecule has 0 amide bonds. The summed E-state index contributed by atoms with van der Waals surface area (Å²) in [5, 5.41) is 9.68. The quantitative estimate of drug-likeness (QED) is 0.731. The molecule has 2 aromatic carbocycles. The zero-order valence-corrected chi connectivity index (χ0v) is 11.9. The molecule has 0 unspecified atom stereocenters. The predicted octanol–water partition coefficient (Wildman–Crippen LogP) is 2.27. The van der Waals surface area contributed by atoms with Crippen molar-refractivity contribution in [1.29, 1.82) is 0 Å². The van der Waals surface area contributed by atoms with Gasteiger partial charge in [0, 0.05) is 6.54 Å². The van der Waals surface area contributed by atoms with Gasteiger partial charge < -0.3 is 20.3 Å². The van der Waals surface area contributed by atoms with Crippen LogP contribution in [-0.2, 0) is 11.3 Å². The van der Waals surface area contributed by atoms with Crippen LogP contribution in [0, 0.1) is 0 Å². The van der Waals surface area contributed by atoms with Crippen LogP contribution in [0.4, 0.5) is 0 Å². The summed E-state index contributed by atoms with van der Waals surface area (Å²) >= 11 is 0. The van der Waals surface area contributed by atoms with E-state index in [0.29, 0.717) is 25.6 Å². The summed E-state index contributed by atoms with van der Waals surface area (Å²) in [6.45, 7) is 1.76. The van der Waals surface area contributed by atoms with Crippen LogP contribution in [0.3, 0.4) is 0 Å². The molecule has 0 aliphatic heterocycles. The number of aliphatic hydroxyl groups is 1. The highest BCUT2D eigenvalue weighted by atomic mass is 16.5. The van der Waals surface area contributed by atoms with Crippen molar-refractivity contribution < 1.29 is 14.6 Å². The molecule has 0 aromatic heterocycles. The molecule has 0 spiro atoms. The molecule has 0 saturated heterocycles. The van der Waals surface area contributed by atoms with Crippen LogP contribution in [0.25, 0.3) is 0 Å². The summed E-state index contributed by atoms with van der Waals surface area (Å²) in [5.41, 5.74) is 7.35. The Morgan fingerprint density at radius 1 is 1.00 bits per heavy atom. The average molecular weight is 287 g/mol. The third-order valence-corrected chi connectivity index (χ3v) is 3.07. The van der Waals surface area contributed by atoms with Gasteiger partial charge in [0.15, 0.2) is 0 Å². The lowest BCUT2D eigenvalue weighted by Crippen LogP contribution is -2.12. The van der Waals surface area contributed by atoms with Crippen LogP contribution >= 0.6 is 0 Å². The highest BCUT2D eigenvalue weighted by Crippen LogP contribution is 2.18. The van der Waals surface area contributed by atoms with E-state index in [4.69, 9.17) is 15.2 Å². The number of nitrogens with two attached hydrogens (primary N) is 1. The Bertz CT molecular complexity index is 531. The second kappa shape index (κ2) is 8.42. The van der Waals surface area contributed by atoms with Crippen LogP contribution < -0.4 is 10.5 Å². The van der Waals surface area contributed by atoms with Gasteiger partial charge in [-0.15, -0.1) is 0 Å². The van der Waals surface area contributed by atoms with E-state index in [1.165, 1.54) is 0 Å². The molecule has 112 valence electrons. The molecule has 4 heteroatoms. The van der Waals surface area contributed by atoms with Crippen LogP contribution in [0.5, 0.6) is 5.75 Å². The van der Waals surface area contributed by atoms with E-state index < -0.39 is 6.10 Å². The monoisotopic (exact) mass is 287 g/mol. The Morgan fingerprint density at radius 3 is 2.57 bits per heavy atom. The minimum absolute atomic E-state index is 0.198. The maximum atomic E-state index is 9.68. The van der Waals surface area contributed by atoms with E-state index >= 15 is 0 Å². The second-order valence-electron chi connectivity index (χ2n) is 4.71. The highest BCUT2D eigenvalue weighted by molar-refractivity contribution is 5.30. The van der Waals surface area contributed by atoms with E-state index in [2.05, 4.69) is 0 Å². The first-order chi connectivity index (χ1) is 10.3. The molecule has 0 heterocycles. The van der Waals surface area contributed by atoms with Gasteiger partial charge >= 0.3 is 0 Å². The summed E-state index contributed by atoms with van der Waals surface area (Å²) in [6, 6.07) is 17.3. The van der Waals surface area contributed by atoms with Crippen LogP contribution in [0.15, 0.2) is 54.6 Å². The van der Waals surface area contributed by atoms with Gasteiger partial charge in [0.2, 0.25) is 0 Å². The molecule has 0 saturated carbocycles. The molecule has 21 heavy (non-hydrogen) atoms. The fraction of sp³-hybridized carbons (Fsp3) is 0.294. The fourth-order valence-corrected chi connectivity index (χ4v) is 1.93. The second-order valence-corrected chi connectivity index (χ2v) is 4.71. The molecule has 2 rings (SSSR count). The van der Waals surface area contributed by atoms with Gasteiger partial charge in [0.05, 0.1) is 19.3 Å². The third kappa shape index (κ3) is 5.19. The van der Waals surface area contributed by atoms with E-state index in [-0.39, 0.29) is 6.54 Å². The van der Waals surface area contributed by atoms with Crippen molar-refractivity contribution in [3.8, 4) is 5.75 Å². The molecular weight excluding hydrogens is 266 g/mol. The maximum Gasteiger partial charge on any atom is 0.119 e. The lowest BCUT2D eigenvalue weighted by Gasteiger charge is -2.11. The van der Waals surface area contributed by atoms with Gasteiger partial charge in [0.25, 0.3) is 0 Å². The summed E-state index contributed by atoms with van der Waals surface area (Å²) in [6.07, 6.45) is -0.650. The molecular formula is C17H21NO3. The van der Waals surface area contributed by atoms with Crippen molar-refractivity contribution in [2.24, 2.45) is 5.73 Å². The molecule has 0 radical (unpaired) electrons. The van der Waals surface area contributed by atoms with Crippen LogP contribution in [0.2, 0.25) is 0 Å². The Hall–Kier alpha value is -1.88. The minimum Gasteiger partial charge on any atom is -0.491 e. The SMILES string of the molecule is NC[C@@H](O)c1cccc(OCCOCc2ccccc2)c1. The predicted molar refractivity (Wildman–Crippen MR) is 82.0 cm³/mol. The summed E-state index contributed by atoms with van der Waals surface area (Å²) in [7, 11) is 0. The van der Waals surface area contributed by atoms with Gasteiger partial charge in [-0.2, -0.15) is 0 Å². The summed E-state index contributed by atoms with van der Waals surface area (Å²) in [4.78, 5) is 0. The lowest BCUT2D eigenvalue weighted by molar-refractivity contribution is 0.0888. The Labute approximate surface area is 125 Å². The zero-order valence-electron chi connectivity index (χ0n) is 11.9. The van der Waals surface area contributed by atoms with Gasteiger partial charge in [-0.1, -0.05) is 42.5 Å². The van der Waals surface area contributed by atoms with E-state index in [1.807, 2.05) is 48.5 Å². The van der Waals surface area contributed by atoms with E-state index in [0.717, 1.165) is 11.1 Å². The van der Waals surface area contributed by atoms with Crippen molar-refractivity contribution in [2.75, 3.05) is 19.8 Å². The first-order valence-corrected chi connectivity index (χ1v) is 7.02. The van der Waals surface area contributed by atoms with Crippen molar-refractivity contribution in [1.82, 2.24) is 0 Å². The van der Waals surface area contributed by atoms with Crippen molar-refractivity contribution in [3.63, 3.8) is 0 Å². The Kier molecular flexibility index (Phi) is 6.22. The number of ether oxygens (including phenoxy) is 2. The van der Waals surface area contributed by atoms with Gasteiger partial charge in [-0.3, -0.25) is 0 Å². The Morgan fingerprint density at radius 2 is 1.81 bits per heavy atom. The fourth-order valence-electron chi connectivity index (χ4n) is 1.93. The molecule has 0 bridgehead atoms. The number of hydrogen-bond acceptors (Lipinski definition) is 4. The topological polar surface area (TPSA) is 64.7 Å². The molecule has 0 fully saturated rings. The molecule has 3 N–H and O–H groups in total. The number of aliphatic hydroxyl groups excluding tert-OH is 1. The smallest absolute Gasteiger partial charge is 0.119 e. The van der Waals surface area contributed by atoms with Crippen LogP contribution in [-0.4, -0.2) is 24.9 Å². The first kappa shape index (κ1) is 15.5. The average Bonchev–Trinajstić information content (AvgIpc) is 2.55. The highest BCUT2D eigenvalue weighted by Gasteiger charge is 2.05. The van der Waals surface area contributed by atoms with E-state index in [9.17, 15) is 5.11 Å². The molecule has 2 aromatic rings. The third-order valence-electron chi connectivity index (χ3n) is 3.07. The Balaban J connectivity index is 1.71. The van der Waals surface area contributed by atoms with Crippen molar-refractivity contribution >= 4 is 0 Å². The normalized spacial score (nSPS) is 12.1. The zero-order chi connectivity index (χ0) is 14.9. The number of rotatable bonds is 8. The van der Waals surface area contributed by atoms with Gasteiger partial charge in [-0.25, -0.2) is 0 Å². The van der Waals surface area contributed by atoms with Crippen molar-refractivity contribution in [3.05, 3.63) is 65.7 Å². The number of hydrogen-bond donors (Lipinski definition) is 2. The standard InChI is InChI=1S/C17H21NO3/c18-12-17(19)15-7-4-8-16(11-15)21-10-9-20-13-14-5-2-1-3-6-14/h1-8,11,17,19H,9-10,12-13,18H2/t17-/m1/s1. The first-order valence-electron chi connectivity index (χ1n) is 7.02. The van der Waals surface area contributed by atoms with Gasteiger partial charge in [0.1, 0.15) is 12.4 Å². The molecule has 0 aliphatic rings. The molecule has 0 aliphatic carbocycles. The van der Waals surface area contributed by atoms with E-state index in [1.54, 1.807) is 6.07 Å². The number of benzene rings is 2. The lowest BCUT2D eigenvalue weighted by atomic mass is 10.1. The van der Waals surface area contributed by atoms with Gasteiger partial charge in [-0.05, 0) is 23.3 Å². The molecule has 1 atom stereocenters. The maximum absolute atomic E-state index is 9.68. The largest absolute Gasteiger partial charge is 0.491 e. The molecule has 4 nitrogen and oxygen atoms in total. The van der Waals surface area contributed by atoms with Crippen LogP contribution in [0.1, 0.15) is 17.2 Å².